The number of aromatic nitrogens is 4. The predicted octanol–water partition coefficient (Wildman–Crippen LogP) is 2.19. The van der Waals surface area contributed by atoms with Crippen molar-refractivity contribution < 1.29 is 0 Å². The Balaban J connectivity index is 1.48. The Morgan fingerprint density at radius 1 is 1.24 bits per heavy atom. The molecule has 0 N–H and O–H groups in total. The topological polar surface area (TPSA) is 46.8 Å². The van der Waals surface area contributed by atoms with Crippen LogP contribution in [0.1, 0.15) is 36.7 Å². The van der Waals surface area contributed by atoms with Gasteiger partial charge < -0.3 is 4.90 Å². The number of anilines is 1. The molecule has 21 heavy (non-hydrogen) atoms. The summed E-state index contributed by atoms with van der Waals surface area (Å²) in [5.74, 6) is 1.13. The molecule has 2 aliphatic rings. The van der Waals surface area contributed by atoms with Crippen LogP contribution in [-0.2, 0) is 13.0 Å². The number of rotatable bonds is 4. The fourth-order valence-corrected chi connectivity index (χ4v) is 3.09. The van der Waals surface area contributed by atoms with Gasteiger partial charge in [0.15, 0.2) is 0 Å². The quantitative estimate of drug-likeness (QED) is 0.863. The van der Waals surface area contributed by atoms with Crippen LogP contribution < -0.4 is 4.90 Å². The molecule has 1 aliphatic carbocycles. The van der Waals surface area contributed by atoms with Gasteiger partial charge in [0.2, 0.25) is 0 Å². The molecule has 0 atom stereocenters. The molecular formula is C16H21N5. The van der Waals surface area contributed by atoms with Crippen LogP contribution in [0.15, 0.2) is 18.3 Å². The molecule has 1 aliphatic heterocycles. The Kier molecular flexibility index (Phi) is 2.77. The molecule has 0 unspecified atom stereocenters. The van der Waals surface area contributed by atoms with Gasteiger partial charge in [-0.2, -0.15) is 0 Å². The third kappa shape index (κ3) is 2.30. The fourth-order valence-electron chi connectivity index (χ4n) is 3.09. The van der Waals surface area contributed by atoms with Gasteiger partial charge in [-0.25, -0.2) is 9.67 Å². The van der Waals surface area contributed by atoms with Crippen LogP contribution in [0.5, 0.6) is 0 Å². The van der Waals surface area contributed by atoms with Crippen molar-refractivity contribution in [3.05, 3.63) is 35.3 Å². The summed E-state index contributed by atoms with van der Waals surface area (Å²) in [6.45, 7) is 7.32. The van der Waals surface area contributed by atoms with E-state index in [1.54, 1.807) is 0 Å². The van der Waals surface area contributed by atoms with Gasteiger partial charge in [-0.3, -0.25) is 0 Å². The van der Waals surface area contributed by atoms with Gasteiger partial charge in [0.25, 0.3) is 0 Å². The highest BCUT2D eigenvalue weighted by molar-refractivity contribution is 5.46. The molecule has 5 nitrogen and oxygen atoms in total. The zero-order valence-electron chi connectivity index (χ0n) is 12.7. The maximum absolute atomic E-state index is 4.78. The van der Waals surface area contributed by atoms with Crippen molar-refractivity contribution in [3.63, 3.8) is 0 Å². The zero-order valence-corrected chi connectivity index (χ0v) is 12.7. The van der Waals surface area contributed by atoms with Crippen molar-refractivity contribution in [2.24, 2.45) is 5.41 Å². The summed E-state index contributed by atoms with van der Waals surface area (Å²) >= 11 is 0. The first-order chi connectivity index (χ1) is 10.2. The van der Waals surface area contributed by atoms with Crippen LogP contribution in [0.3, 0.4) is 0 Å². The number of hydrogen-bond donors (Lipinski definition) is 0. The van der Waals surface area contributed by atoms with Gasteiger partial charge in [0.05, 0.1) is 12.2 Å². The Labute approximate surface area is 125 Å². The van der Waals surface area contributed by atoms with Gasteiger partial charge in [-0.15, -0.1) is 5.10 Å². The SMILES string of the molecule is CCc1cn(Cc2ccc(N3CC4(CC4)C3)nc2C)nn1. The molecule has 2 fully saturated rings. The molecular weight excluding hydrogens is 262 g/mol. The van der Waals surface area contributed by atoms with E-state index in [0.717, 1.165) is 30.2 Å². The third-order valence-electron chi connectivity index (χ3n) is 4.79. The summed E-state index contributed by atoms with van der Waals surface area (Å²) in [7, 11) is 0. The predicted molar refractivity (Wildman–Crippen MR) is 81.4 cm³/mol. The fraction of sp³-hybridized carbons (Fsp3) is 0.562. The van der Waals surface area contributed by atoms with Gasteiger partial charge in [-0.1, -0.05) is 18.2 Å². The molecule has 110 valence electrons. The molecule has 0 bridgehead atoms. The molecule has 2 aromatic rings. The van der Waals surface area contributed by atoms with Crippen LogP contribution in [0.4, 0.5) is 5.82 Å². The van der Waals surface area contributed by atoms with Crippen LogP contribution in [0.2, 0.25) is 0 Å². The molecule has 0 radical (unpaired) electrons. The van der Waals surface area contributed by atoms with Crippen molar-refractivity contribution >= 4 is 5.82 Å². The second-order valence-electron chi connectivity index (χ2n) is 6.53. The summed E-state index contributed by atoms with van der Waals surface area (Å²) in [4.78, 5) is 7.17. The molecule has 0 aromatic carbocycles. The lowest BCUT2D eigenvalue weighted by atomic mass is 9.97. The van der Waals surface area contributed by atoms with E-state index in [-0.39, 0.29) is 0 Å². The van der Waals surface area contributed by atoms with Crippen LogP contribution in [0.25, 0.3) is 0 Å². The standard InChI is InChI=1S/C16H21N5/c1-3-14-9-21(19-18-14)8-13-4-5-15(17-12(13)2)20-10-16(11-20)6-7-16/h4-5,9H,3,6-8,10-11H2,1-2H3. The first-order valence-electron chi connectivity index (χ1n) is 7.78. The highest BCUT2D eigenvalue weighted by atomic mass is 15.4. The lowest BCUT2D eigenvalue weighted by molar-refractivity contribution is 0.384. The van der Waals surface area contributed by atoms with Crippen molar-refractivity contribution in [1.29, 1.82) is 0 Å². The average Bonchev–Trinajstić information content (AvgIpc) is 3.13. The molecule has 5 heteroatoms. The number of hydrogen-bond acceptors (Lipinski definition) is 4. The minimum absolute atomic E-state index is 0.672. The number of nitrogens with zero attached hydrogens (tertiary/aromatic N) is 5. The van der Waals surface area contributed by atoms with Crippen molar-refractivity contribution in [3.8, 4) is 0 Å². The first kappa shape index (κ1) is 12.8. The third-order valence-corrected chi connectivity index (χ3v) is 4.79. The van der Waals surface area contributed by atoms with E-state index in [0.29, 0.717) is 5.41 Å². The van der Waals surface area contributed by atoms with Crippen molar-refractivity contribution in [1.82, 2.24) is 20.0 Å². The highest BCUT2D eigenvalue weighted by Gasteiger charge is 2.52. The largest absolute Gasteiger partial charge is 0.355 e. The van der Waals surface area contributed by atoms with E-state index >= 15 is 0 Å². The summed E-state index contributed by atoms with van der Waals surface area (Å²) < 4.78 is 1.89. The maximum atomic E-state index is 4.78. The van der Waals surface area contributed by atoms with E-state index in [4.69, 9.17) is 4.98 Å². The lowest BCUT2D eigenvalue weighted by Gasteiger charge is -2.41. The van der Waals surface area contributed by atoms with E-state index in [1.807, 2.05) is 10.9 Å². The molecule has 1 saturated carbocycles. The maximum Gasteiger partial charge on any atom is 0.128 e. The summed E-state index contributed by atoms with van der Waals surface area (Å²) in [5.41, 5.74) is 4.02. The lowest BCUT2D eigenvalue weighted by Crippen LogP contribution is -2.48. The Morgan fingerprint density at radius 2 is 2.05 bits per heavy atom. The highest BCUT2D eigenvalue weighted by Crippen LogP contribution is 2.53. The zero-order chi connectivity index (χ0) is 14.4. The van der Waals surface area contributed by atoms with Crippen LogP contribution in [-0.4, -0.2) is 33.1 Å². The minimum atomic E-state index is 0.672. The molecule has 2 aromatic heterocycles. The summed E-state index contributed by atoms with van der Waals surface area (Å²) in [5, 5.41) is 8.30. The van der Waals surface area contributed by atoms with Gasteiger partial charge in [0, 0.05) is 30.4 Å². The smallest absolute Gasteiger partial charge is 0.128 e. The second kappa shape index (κ2) is 4.55. The first-order valence-corrected chi connectivity index (χ1v) is 7.78. The van der Waals surface area contributed by atoms with E-state index in [2.05, 4.69) is 41.2 Å². The van der Waals surface area contributed by atoms with Gasteiger partial charge in [0.1, 0.15) is 5.82 Å². The van der Waals surface area contributed by atoms with E-state index in [9.17, 15) is 0 Å². The molecule has 0 amide bonds. The van der Waals surface area contributed by atoms with E-state index < -0.39 is 0 Å². The monoisotopic (exact) mass is 283 g/mol. The van der Waals surface area contributed by atoms with E-state index in [1.165, 1.54) is 31.5 Å². The molecule has 1 saturated heterocycles. The normalized spacial score (nSPS) is 18.9. The van der Waals surface area contributed by atoms with Crippen molar-refractivity contribution in [2.75, 3.05) is 18.0 Å². The molecule has 3 heterocycles. The number of pyridine rings is 1. The Hall–Kier alpha value is -1.91. The van der Waals surface area contributed by atoms with Crippen molar-refractivity contribution in [2.45, 2.75) is 39.7 Å². The Morgan fingerprint density at radius 3 is 2.67 bits per heavy atom. The minimum Gasteiger partial charge on any atom is -0.355 e. The molecule has 4 rings (SSSR count). The van der Waals surface area contributed by atoms with Gasteiger partial charge in [-0.05, 0) is 37.8 Å². The Bertz CT molecular complexity index is 663. The molecule has 1 spiro atoms. The summed E-state index contributed by atoms with van der Waals surface area (Å²) in [6, 6.07) is 4.33. The second-order valence-corrected chi connectivity index (χ2v) is 6.53. The van der Waals surface area contributed by atoms with Gasteiger partial charge >= 0.3 is 0 Å². The van der Waals surface area contributed by atoms with Crippen LogP contribution in [0, 0.1) is 12.3 Å². The average molecular weight is 283 g/mol. The number of aryl methyl sites for hydroxylation is 2. The van der Waals surface area contributed by atoms with Crippen LogP contribution >= 0.6 is 0 Å². The summed E-state index contributed by atoms with van der Waals surface area (Å²) in [6.07, 6.45) is 5.76.